The number of ether oxygens (including phenoxy) is 1. The van der Waals surface area contributed by atoms with Gasteiger partial charge < -0.3 is 10.1 Å². The van der Waals surface area contributed by atoms with Gasteiger partial charge >= 0.3 is 5.97 Å². The van der Waals surface area contributed by atoms with Crippen molar-refractivity contribution in [2.24, 2.45) is 0 Å². The third-order valence-electron chi connectivity index (χ3n) is 4.53. The number of methoxy groups -OCH3 is 1. The molecule has 3 rings (SSSR count). The number of nitrogens with one attached hydrogen (secondary N) is 1. The van der Waals surface area contributed by atoms with E-state index in [1.54, 1.807) is 12.1 Å². The van der Waals surface area contributed by atoms with Gasteiger partial charge in [-0.2, -0.15) is 0 Å². The summed E-state index contributed by atoms with van der Waals surface area (Å²) in [5.41, 5.74) is 1.70. The van der Waals surface area contributed by atoms with Crippen LogP contribution in [0.5, 0.6) is 0 Å². The Balaban J connectivity index is 1.76. The van der Waals surface area contributed by atoms with Crippen LogP contribution >= 0.6 is 0 Å². The number of carbonyl (C=O) groups is 4. The van der Waals surface area contributed by atoms with E-state index in [1.165, 1.54) is 42.3 Å². The molecular formula is C21H20N2O5. The highest BCUT2D eigenvalue weighted by Gasteiger charge is 2.35. The molecule has 3 amide bonds. The minimum atomic E-state index is -0.465. The molecule has 0 saturated carbocycles. The zero-order chi connectivity index (χ0) is 20.3. The summed E-state index contributed by atoms with van der Waals surface area (Å²) in [5.74, 6) is -1.57. The highest BCUT2D eigenvalue weighted by molar-refractivity contribution is 6.22. The number of carbonyl (C=O) groups excluding carboxylic acids is 4. The number of anilines is 1. The zero-order valence-corrected chi connectivity index (χ0v) is 15.7. The smallest absolute Gasteiger partial charge is 0.337 e. The Morgan fingerprint density at radius 3 is 2.25 bits per heavy atom. The second-order valence-corrected chi connectivity index (χ2v) is 6.40. The van der Waals surface area contributed by atoms with Gasteiger partial charge in [0.1, 0.15) is 0 Å². The van der Waals surface area contributed by atoms with E-state index in [0.29, 0.717) is 23.4 Å². The molecule has 0 unspecified atom stereocenters. The van der Waals surface area contributed by atoms with Crippen molar-refractivity contribution in [3.8, 4) is 0 Å². The molecular weight excluding hydrogens is 360 g/mol. The monoisotopic (exact) mass is 380 g/mol. The summed E-state index contributed by atoms with van der Waals surface area (Å²) in [4.78, 5) is 50.1. The standard InChI is InChI=1S/C21H20N2O5/c1-3-4-11-23-19(25)16-10-7-14(12-17(16)20(23)26)18(24)22-15-8-5-13(6-9-15)21(27)28-2/h5-10,12H,3-4,11H2,1-2H3,(H,22,24). The van der Waals surface area contributed by atoms with Crippen molar-refractivity contribution >= 4 is 29.4 Å². The predicted octanol–water partition coefficient (Wildman–Crippen LogP) is 3.12. The van der Waals surface area contributed by atoms with E-state index in [9.17, 15) is 19.2 Å². The molecule has 0 aliphatic carbocycles. The summed E-state index contributed by atoms with van der Waals surface area (Å²) < 4.78 is 4.63. The Bertz CT molecular complexity index is 950. The van der Waals surface area contributed by atoms with Crippen LogP contribution in [0.1, 0.15) is 61.2 Å². The van der Waals surface area contributed by atoms with Gasteiger partial charge in [-0.05, 0) is 48.9 Å². The van der Waals surface area contributed by atoms with Crippen LogP contribution in [-0.4, -0.2) is 42.2 Å². The van der Waals surface area contributed by atoms with E-state index in [1.807, 2.05) is 6.92 Å². The lowest BCUT2D eigenvalue weighted by molar-refractivity contribution is 0.0598. The fraction of sp³-hybridized carbons (Fsp3) is 0.238. The van der Waals surface area contributed by atoms with Gasteiger partial charge in [-0.1, -0.05) is 13.3 Å². The largest absolute Gasteiger partial charge is 0.465 e. The van der Waals surface area contributed by atoms with E-state index in [2.05, 4.69) is 10.1 Å². The van der Waals surface area contributed by atoms with Gasteiger partial charge in [0.05, 0.1) is 23.8 Å². The molecule has 7 nitrogen and oxygen atoms in total. The number of nitrogens with zero attached hydrogens (tertiary/aromatic N) is 1. The number of hydrogen-bond acceptors (Lipinski definition) is 5. The molecule has 0 saturated heterocycles. The van der Waals surface area contributed by atoms with Crippen LogP contribution in [0.2, 0.25) is 0 Å². The first kappa shape index (κ1) is 19.3. The molecule has 0 spiro atoms. The fourth-order valence-electron chi connectivity index (χ4n) is 2.96. The zero-order valence-electron chi connectivity index (χ0n) is 15.7. The molecule has 2 aromatic rings. The highest BCUT2D eigenvalue weighted by Crippen LogP contribution is 2.25. The summed E-state index contributed by atoms with van der Waals surface area (Å²) in [6, 6.07) is 10.7. The molecule has 1 aliphatic heterocycles. The molecule has 0 atom stereocenters. The maximum absolute atomic E-state index is 12.5. The van der Waals surface area contributed by atoms with Gasteiger partial charge in [-0.3, -0.25) is 19.3 Å². The molecule has 0 aromatic heterocycles. The second-order valence-electron chi connectivity index (χ2n) is 6.40. The molecule has 144 valence electrons. The van der Waals surface area contributed by atoms with Crippen molar-refractivity contribution in [2.75, 3.05) is 19.0 Å². The first-order valence-corrected chi connectivity index (χ1v) is 8.96. The molecule has 0 radical (unpaired) electrons. The molecule has 7 heteroatoms. The SMILES string of the molecule is CCCCN1C(=O)c2ccc(C(=O)Nc3ccc(C(=O)OC)cc3)cc2C1=O. The highest BCUT2D eigenvalue weighted by atomic mass is 16.5. The molecule has 1 N–H and O–H groups in total. The van der Waals surface area contributed by atoms with E-state index >= 15 is 0 Å². The first-order chi connectivity index (χ1) is 13.5. The lowest BCUT2D eigenvalue weighted by Crippen LogP contribution is -2.30. The number of benzene rings is 2. The van der Waals surface area contributed by atoms with Crippen molar-refractivity contribution in [3.05, 3.63) is 64.7 Å². The Morgan fingerprint density at radius 1 is 0.964 bits per heavy atom. The van der Waals surface area contributed by atoms with Crippen molar-refractivity contribution in [2.45, 2.75) is 19.8 Å². The van der Waals surface area contributed by atoms with Gasteiger partial charge in [0.15, 0.2) is 0 Å². The third-order valence-corrected chi connectivity index (χ3v) is 4.53. The molecule has 0 bridgehead atoms. The lowest BCUT2D eigenvalue weighted by Gasteiger charge is -2.12. The normalized spacial score (nSPS) is 12.7. The number of imide groups is 1. The fourth-order valence-corrected chi connectivity index (χ4v) is 2.96. The van der Waals surface area contributed by atoms with Gasteiger partial charge in [0.2, 0.25) is 0 Å². The first-order valence-electron chi connectivity index (χ1n) is 8.96. The van der Waals surface area contributed by atoms with Gasteiger partial charge in [0, 0.05) is 17.8 Å². The van der Waals surface area contributed by atoms with Crippen LogP contribution in [0, 0.1) is 0 Å². The minimum Gasteiger partial charge on any atom is -0.465 e. The van der Waals surface area contributed by atoms with Gasteiger partial charge in [0.25, 0.3) is 17.7 Å². The van der Waals surface area contributed by atoms with E-state index < -0.39 is 11.9 Å². The summed E-state index contributed by atoms with van der Waals surface area (Å²) >= 11 is 0. The average Bonchev–Trinajstić information content (AvgIpc) is 2.96. The van der Waals surface area contributed by atoms with Crippen LogP contribution in [0.4, 0.5) is 5.69 Å². The maximum atomic E-state index is 12.5. The molecule has 28 heavy (non-hydrogen) atoms. The van der Waals surface area contributed by atoms with Crippen LogP contribution in [-0.2, 0) is 4.74 Å². The van der Waals surface area contributed by atoms with E-state index in [-0.39, 0.29) is 22.9 Å². The van der Waals surface area contributed by atoms with Crippen LogP contribution in [0.3, 0.4) is 0 Å². The van der Waals surface area contributed by atoms with Crippen LogP contribution in [0.25, 0.3) is 0 Å². The van der Waals surface area contributed by atoms with Crippen LogP contribution in [0.15, 0.2) is 42.5 Å². The van der Waals surface area contributed by atoms with Crippen molar-refractivity contribution < 1.29 is 23.9 Å². The van der Waals surface area contributed by atoms with Gasteiger partial charge in [-0.15, -0.1) is 0 Å². The molecule has 2 aromatic carbocycles. The average molecular weight is 380 g/mol. The molecule has 1 aliphatic rings. The molecule has 1 heterocycles. The van der Waals surface area contributed by atoms with E-state index in [4.69, 9.17) is 0 Å². The van der Waals surface area contributed by atoms with Crippen molar-refractivity contribution in [1.29, 1.82) is 0 Å². The van der Waals surface area contributed by atoms with Gasteiger partial charge in [-0.25, -0.2) is 4.79 Å². The second kappa shape index (κ2) is 8.04. The summed E-state index contributed by atoms with van der Waals surface area (Å²) in [7, 11) is 1.29. The summed E-state index contributed by atoms with van der Waals surface area (Å²) in [5, 5.41) is 2.70. The Hall–Kier alpha value is -3.48. The Kier molecular flexibility index (Phi) is 5.54. The predicted molar refractivity (Wildman–Crippen MR) is 102 cm³/mol. The number of esters is 1. The lowest BCUT2D eigenvalue weighted by atomic mass is 10.1. The van der Waals surface area contributed by atoms with Crippen molar-refractivity contribution in [3.63, 3.8) is 0 Å². The number of hydrogen-bond donors (Lipinski definition) is 1. The summed E-state index contributed by atoms with van der Waals surface area (Å²) in [6.07, 6.45) is 1.61. The number of rotatable bonds is 6. The number of fused-ring (bicyclic) bond motifs is 1. The van der Waals surface area contributed by atoms with Crippen molar-refractivity contribution in [1.82, 2.24) is 4.90 Å². The maximum Gasteiger partial charge on any atom is 0.337 e. The number of unbranched alkanes of at least 4 members (excludes halogenated alkanes) is 1. The third kappa shape index (κ3) is 3.64. The molecule has 0 fully saturated rings. The van der Waals surface area contributed by atoms with E-state index in [0.717, 1.165) is 12.8 Å². The quantitative estimate of drug-likeness (QED) is 0.614. The summed E-state index contributed by atoms with van der Waals surface area (Å²) in [6.45, 7) is 2.36. The Morgan fingerprint density at radius 2 is 1.61 bits per heavy atom. The Labute approximate surface area is 162 Å². The topological polar surface area (TPSA) is 92.8 Å². The minimum absolute atomic E-state index is 0.245. The number of amides is 3. The van der Waals surface area contributed by atoms with Crippen LogP contribution < -0.4 is 5.32 Å².